The maximum Gasteiger partial charge on any atom is 0.265 e. The van der Waals surface area contributed by atoms with Crippen molar-refractivity contribution in [3.8, 4) is 11.5 Å². The molecule has 0 unspecified atom stereocenters. The highest BCUT2D eigenvalue weighted by Crippen LogP contribution is 2.34. The molecule has 0 saturated carbocycles. The third kappa shape index (κ3) is 5.07. The molecule has 1 heterocycles. The van der Waals surface area contributed by atoms with Crippen LogP contribution in [0.25, 0.3) is 10.1 Å². The van der Waals surface area contributed by atoms with Gasteiger partial charge in [-0.25, -0.2) is 8.42 Å². The number of nitrogens with one attached hydrogen (secondary N) is 1. The summed E-state index contributed by atoms with van der Waals surface area (Å²) in [7, 11) is -0.931. The molecule has 1 amide bonds. The molecule has 0 fully saturated rings. The van der Waals surface area contributed by atoms with E-state index in [0.717, 1.165) is 10.1 Å². The lowest BCUT2D eigenvalue weighted by molar-refractivity contribution is 0.103. The van der Waals surface area contributed by atoms with E-state index >= 15 is 0 Å². The van der Waals surface area contributed by atoms with Crippen LogP contribution in [-0.4, -0.2) is 35.1 Å². The van der Waals surface area contributed by atoms with Crippen LogP contribution in [0.4, 0.5) is 11.4 Å². The molecule has 0 atom stereocenters. The number of hydrogen-bond donors (Lipinski definition) is 1. The Morgan fingerprint density at radius 1 is 1.06 bits per heavy atom. The quantitative estimate of drug-likeness (QED) is 0.300. The van der Waals surface area contributed by atoms with Gasteiger partial charge in [0.25, 0.3) is 15.9 Å². The molecule has 182 valence electrons. The lowest BCUT2D eigenvalue weighted by Gasteiger charge is -2.20. The number of para-hydroxylation sites is 2. The summed E-state index contributed by atoms with van der Waals surface area (Å²) in [6.07, 6.45) is 0. The van der Waals surface area contributed by atoms with Crippen LogP contribution in [-0.2, 0) is 10.0 Å². The van der Waals surface area contributed by atoms with E-state index in [4.69, 9.17) is 21.1 Å². The van der Waals surface area contributed by atoms with Crippen LogP contribution in [0.5, 0.6) is 11.5 Å². The Bertz CT molecular complexity index is 1500. The Balaban J connectivity index is 1.60. The Hall–Kier alpha value is -3.27. The van der Waals surface area contributed by atoms with Crippen molar-refractivity contribution in [2.24, 2.45) is 0 Å². The molecule has 0 aliphatic rings. The van der Waals surface area contributed by atoms with Gasteiger partial charge >= 0.3 is 0 Å². The lowest BCUT2D eigenvalue weighted by Crippen LogP contribution is -2.26. The number of carbonyl (C=O) groups excluding carboxylic acids is 1. The number of nitrogens with zero attached hydrogens (tertiary/aromatic N) is 1. The first-order valence-electron chi connectivity index (χ1n) is 10.6. The van der Waals surface area contributed by atoms with Crippen molar-refractivity contribution in [2.45, 2.75) is 11.8 Å². The van der Waals surface area contributed by atoms with Gasteiger partial charge in [-0.05, 0) is 66.9 Å². The number of ether oxygens (including phenoxy) is 2. The Labute approximate surface area is 212 Å². The summed E-state index contributed by atoms with van der Waals surface area (Å²) >= 11 is 7.45. The number of halogens is 1. The SMILES string of the molecule is CCOc1ccccc1NC(=O)c1cc2cc(N(C)S(=O)(=O)c3ccc(OC)c(Cl)c3)ccc2s1. The number of sulfonamides is 1. The number of carbonyl (C=O) groups is 1. The second-order valence-corrected chi connectivity index (χ2v) is 10.9. The maximum absolute atomic E-state index is 13.2. The first kappa shape index (κ1) is 24.8. The standard InChI is InChI=1S/C25H23ClN2O5S2/c1-4-33-22-8-6-5-7-20(22)27-25(29)24-14-16-13-17(9-12-23(16)34-24)28(2)35(30,31)18-10-11-21(32-3)19(26)15-18/h5-15H,4H2,1-3H3,(H,27,29). The van der Waals surface area contributed by atoms with Gasteiger partial charge in [0.15, 0.2) is 0 Å². The van der Waals surface area contributed by atoms with Crippen LogP contribution in [0.15, 0.2) is 71.6 Å². The van der Waals surface area contributed by atoms with Crippen LogP contribution in [0, 0.1) is 0 Å². The van der Waals surface area contributed by atoms with Gasteiger partial charge in [-0.3, -0.25) is 9.10 Å². The molecular weight excluding hydrogens is 508 g/mol. The summed E-state index contributed by atoms with van der Waals surface area (Å²) < 4.78 is 39.1. The highest BCUT2D eigenvalue weighted by atomic mass is 35.5. The van der Waals surface area contributed by atoms with Gasteiger partial charge in [0.1, 0.15) is 11.5 Å². The van der Waals surface area contributed by atoms with Gasteiger partial charge in [-0.1, -0.05) is 23.7 Å². The predicted molar refractivity (Wildman–Crippen MR) is 141 cm³/mol. The number of rotatable bonds is 8. The van der Waals surface area contributed by atoms with E-state index in [-0.39, 0.29) is 15.8 Å². The molecule has 4 aromatic rings. The minimum absolute atomic E-state index is 0.0456. The van der Waals surface area contributed by atoms with Gasteiger partial charge in [-0.2, -0.15) is 0 Å². The number of benzene rings is 3. The van der Waals surface area contributed by atoms with Crippen molar-refractivity contribution >= 4 is 60.3 Å². The number of anilines is 2. The molecule has 0 spiro atoms. The van der Waals surface area contributed by atoms with Gasteiger partial charge in [0, 0.05) is 11.7 Å². The largest absolute Gasteiger partial charge is 0.495 e. The minimum Gasteiger partial charge on any atom is -0.495 e. The smallest absolute Gasteiger partial charge is 0.265 e. The molecule has 4 rings (SSSR count). The van der Waals surface area contributed by atoms with Crippen LogP contribution in [0.3, 0.4) is 0 Å². The van der Waals surface area contributed by atoms with E-state index in [9.17, 15) is 13.2 Å². The van der Waals surface area contributed by atoms with Gasteiger partial charge < -0.3 is 14.8 Å². The molecule has 0 saturated heterocycles. The third-order valence-corrected chi connectivity index (χ3v) is 8.50. The van der Waals surface area contributed by atoms with E-state index in [1.807, 2.05) is 19.1 Å². The van der Waals surface area contributed by atoms with Crippen LogP contribution in [0.2, 0.25) is 5.02 Å². The van der Waals surface area contributed by atoms with Crippen molar-refractivity contribution < 1.29 is 22.7 Å². The van der Waals surface area contributed by atoms with Crippen molar-refractivity contribution in [2.75, 3.05) is 30.4 Å². The lowest BCUT2D eigenvalue weighted by atomic mass is 10.2. The van der Waals surface area contributed by atoms with Gasteiger partial charge in [-0.15, -0.1) is 11.3 Å². The Kier molecular flexibility index (Phi) is 7.20. The van der Waals surface area contributed by atoms with Crippen LogP contribution < -0.4 is 19.1 Å². The van der Waals surface area contributed by atoms with E-state index < -0.39 is 10.0 Å². The van der Waals surface area contributed by atoms with Gasteiger partial charge in [0.2, 0.25) is 0 Å². The monoisotopic (exact) mass is 530 g/mol. The molecule has 1 N–H and O–H groups in total. The fraction of sp³-hybridized carbons (Fsp3) is 0.160. The fourth-order valence-corrected chi connectivity index (χ4v) is 5.95. The molecule has 0 aliphatic heterocycles. The summed E-state index contributed by atoms with van der Waals surface area (Å²) in [5.41, 5.74) is 1.04. The molecule has 7 nitrogen and oxygen atoms in total. The summed E-state index contributed by atoms with van der Waals surface area (Å²) in [4.78, 5) is 13.4. The van der Waals surface area contributed by atoms with E-state index in [2.05, 4.69) is 5.32 Å². The normalized spacial score (nSPS) is 11.3. The average molecular weight is 531 g/mol. The van der Waals surface area contributed by atoms with E-state index in [1.165, 1.54) is 48.0 Å². The van der Waals surface area contributed by atoms with Crippen molar-refractivity contribution in [1.29, 1.82) is 0 Å². The molecule has 0 bridgehead atoms. The fourth-order valence-electron chi connectivity index (χ4n) is 3.48. The second-order valence-electron chi connectivity index (χ2n) is 7.48. The summed E-state index contributed by atoms with van der Waals surface area (Å²) in [5.74, 6) is 0.716. The highest BCUT2D eigenvalue weighted by molar-refractivity contribution is 7.92. The van der Waals surface area contributed by atoms with E-state index in [0.29, 0.717) is 34.4 Å². The van der Waals surface area contributed by atoms with Crippen molar-refractivity contribution in [1.82, 2.24) is 0 Å². The number of thiophene rings is 1. The summed E-state index contributed by atoms with van der Waals surface area (Å²) in [6, 6.07) is 18.5. The second kappa shape index (κ2) is 10.2. The van der Waals surface area contributed by atoms with E-state index in [1.54, 1.807) is 36.4 Å². The zero-order valence-corrected chi connectivity index (χ0v) is 21.6. The average Bonchev–Trinajstić information content (AvgIpc) is 3.28. The molecule has 0 radical (unpaired) electrons. The molecule has 0 aliphatic carbocycles. The molecule has 10 heteroatoms. The number of amides is 1. The molecule has 35 heavy (non-hydrogen) atoms. The maximum atomic E-state index is 13.2. The van der Waals surface area contributed by atoms with Crippen molar-refractivity contribution in [3.63, 3.8) is 0 Å². The highest BCUT2D eigenvalue weighted by Gasteiger charge is 2.23. The Morgan fingerprint density at radius 2 is 1.83 bits per heavy atom. The van der Waals surface area contributed by atoms with Crippen molar-refractivity contribution in [3.05, 3.63) is 76.6 Å². The van der Waals surface area contributed by atoms with Gasteiger partial charge in [0.05, 0.1) is 39.9 Å². The Morgan fingerprint density at radius 3 is 2.54 bits per heavy atom. The summed E-state index contributed by atoms with van der Waals surface area (Å²) in [5, 5.41) is 3.85. The third-order valence-electron chi connectivity index (χ3n) is 5.30. The minimum atomic E-state index is -3.87. The zero-order valence-electron chi connectivity index (χ0n) is 19.2. The summed E-state index contributed by atoms with van der Waals surface area (Å²) in [6.45, 7) is 2.36. The molecule has 1 aromatic heterocycles. The topological polar surface area (TPSA) is 84.9 Å². The first-order valence-corrected chi connectivity index (χ1v) is 13.3. The van der Waals surface area contributed by atoms with Crippen LogP contribution >= 0.6 is 22.9 Å². The first-order chi connectivity index (χ1) is 16.7. The molecule has 3 aromatic carbocycles. The predicted octanol–water partition coefficient (Wildman–Crippen LogP) is 6.04. The number of hydrogen-bond acceptors (Lipinski definition) is 6. The van der Waals surface area contributed by atoms with Crippen LogP contribution in [0.1, 0.15) is 16.6 Å². The number of fused-ring (bicyclic) bond motifs is 1. The zero-order chi connectivity index (χ0) is 25.2. The molecular formula is C25H23ClN2O5S2. The number of methoxy groups -OCH3 is 1.